The van der Waals surface area contributed by atoms with Crippen molar-refractivity contribution >= 4 is 11.5 Å². The molecule has 1 aromatic heterocycles. The Kier molecular flexibility index (Phi) is 3.56. The van der Waals surface area contributed by atoms with Crippen molar-refractivity contribution in [3.63, 3.8) is 0 Å². The van der Waals surface area contributed by atoms with E-state index >= 15 is 0 Å². The van der Waals surface area contributed by atoms with Gasteiger partial charge in [0.25, 0.3) is 0 Å². The van der Waals surface area contributed by atoms with Crippen molar-refractivity contribution in [2.45, 2.75) is 25.7 Å². The molecule has 6 nitrogen and oxygen atoms in total. The molecular formula is C14H20N4O2. The zero-order chi connectivity index (χ0) is 14.0. The first-order chi connectivity index (χ1) is 9.70. The van der Waals surface area contributed by atoms with E-state index in [9.17, 15) is 10.1 Å². The highest BCUT2D eigenvalue weighted by Crippen LogP contribution is 2.39. The number of aromatic nitrogens is 1. The Morgan fingerprint density at radius 1 is 1.40 bits per heavy atom. The summed E-state index contributed by atoms with van der Waals surface area (Å²) in [5.41, 5.74) is 0.947. The summed E-state index contributed by atoms with van der Waals surface area (Å²) in [7, 11) is 0. The molecule has 0 amide bonds. The van der Waals surface area contributed by atoms with Crippen LogP contribution in [0, 0.1) is 15.5 Å². The number of piperidine rings is 2. The summed E-state index contributed by atoms with van der Waals surface area (Å²) < 4.78 is 0. The first-order valence-corrected chi connectivity index (χ1v) is 7.25. The van der Waals surface area contributed by atoms with Crippen LogP contribution in [0.3, 0.4) is 0 Å². The third-order valence-electron chi connectivity index (χ3n) is 4.50. The minimum atomic E-state index is -0.379. The van der Waals surface area contributed by atoms with Crippen molar-refractivity contribution in [2.24, 2.45) is 5.41 Å². The highest BCUT2D eigenvalue weighted by Gasteiger charge is 2.38. The summed E-state index contributed by atoms with van der Waals surface area (Å²) in [6.45, 7) is 3.90. The number of nitrogens with zero attached hydrogens (tertiary/aromatic N) is 3. The van der Waals surface area contributed by atoms with Gasteiger partial charge >= 0.3 is 5.82 Å². The molecule has 0 bridgehead atoms. The third-order valence-corrected chi connectivity index (χ3v) is 4.50. The predicted octanol–water partition coefficient (Wildman–Crippen LogP) is 1.96. The van der Waals surface area contributed by atoms with Gasteiger partial charge in [-0.3, -0.25) is 0 Å². The van der Waals surface area contributed by atoms with Crippen molar-refractivity contribution < 1.29 is 4.92 Å². The zero-order valence-electron chi connectivity index (χ0n) is 11.5. The second-order valence-corrected chi connectivity index (χ2v) is 5.91. The summed E-state index contributed by atoms with van der Waals surface area (Å²) >= 11 is 0. The minimum absolute atomic E-state index is 0.0201. The van der Waals surface area contributed by atoms with Gasteiger partial charge in [0.1, 0.15) is 11.9 Å². The van der Waals surface area contributed by atoms with Crippen LogP contribution in [0.15, 0.2) is 18.3 Å². The van der Waals surface area contributed by atoms with Gasteiger partial charge in [-0.15, -0.1) is 0 Å². The summed E-state index contributed by atoms with van der Waals surface area (Å²) in [4.78, 5) is 16.8. The molecule has 1 N–H and O–H groups in total. The van der Waals surface area contributed by atoms with Gasteiger partial charge in [0.15, 0.2) is 0 Å². The summed E-state index contributed by atoms with van der Waals surface area (Å²) in [6.07, 6.45) is 6.20. The fourth-order valence-corrected chi connectivity index (χ4v) is 3.57. The number of nitrogens with one attached hydrogen (secondary N) is 1. The molecule has 2 fully saturated rings. The van der Waals surface area contributed by atoms with Crippen LogP contribution in [-0.4, -0.2) is 36.1 Å². The first-order valence-electron chi connectivity index (χ1n) is 7.25. The summed E-state index contributed by atoms with van der Waals surface area (Å²) in [6, 6.07) is 3.60. The molecule has 108 valence electrons. The Morgan fingerprint density at radius 3 is 3.00 bits per heavy atom. The summed E-state index contributed by atoms with van der Waals surface area (Å²) in [5.74, 6) is -0.0201. The van der Waals surface area contributed by atoms with Gasteiger partial charge in [0.2, 0.25) is 0 Å². The van der Waals surface area contributed by atoms with Gasteiger partial charge in [-0.25, -0.2) is 0 Å². The van der Waals surface area contributed by atoms with Crippen molar-refractivity contribution in [2.75, 3.05) is 31.1 Å². The molecule has 1 atom stereocenters. The lowest BCUT2D eigenvalue weighted by Crippen LogP contribution is -2.51. The normalized spacial score (nSPS) is 26.7. The fourth-order valence-electron chi connectivity index (χ4n) is 3.57. The minimum Gasteiger partial charge on any atom is -0.364 e. The third kappa shape index (κ3) is 2.47. The van der Waals surface area contributed by atoms with Gasteiger partial charge in [-0.05, 0) is 54.3 Å². The second kappa shape index (κ2) is 5.36. The molecule has 3 heterocycles. The molecule has 0 radical (unpaired) electrons. The van der Waals surface area contributed by atoms with Crippen LogP contribution in [0.25, 0.3) is 0 Å². The highest BCUT2D eigenvalue weighted by atomic mass is 16.6. The lowest BCUT2D eigenvalue weighted by atomic mass is 9.74. The van der Waals surface area contributed by atoms with E-state index in [0.717, 1.165) is 32.6 Å². The van der Waals surface area contributed by atoms with Crippen LogP contribution >= 0.6 is 0 Å². The quantitative estimate of drug-likeness (QED) is 0.660. The SMILES string of the molecule is O=[N+]([O-])c1ncccc1N1CCCC2(CCCNC2)C1. The van der Waals surface area contributed by atoms with Crippen LogP contribution in [0.5, 0.6) is 0 Å². The highest BCUT2D eigenvalue weighted by molar-refractivity contribution is 5.59. The maximum absolute atomic E-state index is 11.1. The Labute approximate surface area is 118 Å². The van der Waals surface area contributed by atoms with E-state index < -0.39 is 0 Å². The molecule has 3 rings (SSSR count). The molecule has 1 aromatic rings. The largest absolute Gasteiger partial charge is 0.387 e. The van der Waals surface area contributed by atoms with E-state index in [4.69, 9.17) is 0 Å². The monoisotopic (exact) mass is 276 g/mol. The topological polar surface area (TPSA) is 71.3 Å². The van der Waals surface area contributed by atoms with Crippen molar-refractivity contribution in [3.8, 4) is 0 Å². The molecule has 2 aliphatic heterocycles. The van der Waals surface area contributed by atoms with Gasteiger partial charge in [-0.1, -0.05) is 0 Å². The molecule has 1 spiro atoms. The molecule has 0 aliphatic carbocycles. The molecule has 0 saturated carbocycles. The summed E-state index contributed by atoms with van der Waals surface area (Å²) in [5, 5.41) is 14.6. The fraction of sp³-hybridized carbons (Fsp3) is 0.643. The Bertz CT molecular complexity index is 494. The smallest absolute Gasteiger partial charge is 0.364 e. The lowest BCUT2D eigenvalue weighted by Gasteiger charge is -2.45. The standard InChI is InChI=1S/C14H20N4O2/c19-18(20)13-12(4-1-8-16-13)17-9-3-6-14(11-17)5-2-7-15-10-14/h1,4,8,15H,2-3,5-7,9-11H2. The Morgan fingerprint density at radius 2 is 2.25 bits per heavy atom. The maximum Gasteiger partial charge on any atom is 0.387 e. The number of pyridine rings is 1. The van der Waals surface area contributed by atoms with E-state index in [1.807, 2.05) is 6.07 Å². The first kappa shape index (κ1) is 13.3. The van der Waals surface area contributed by atoms with Crippen LogP contribution in [0.2, 0.25) is 0 Å². The average Bonchev–Trinajstić information content (AvgIpc) is 2.48. The average molecular weight is 276 g/mol. The van der Waals surface area contributed by atoms with Crippen molar-refractivity contribution in [1.82, 2.24) is 10.3 Å². The second-order valence-electron chi connectivity index (χ2n) is 5.91. The van der Waals surface area contributed by atoms with Crippen LogP contribution in [0.1, 0.15) is 25.7 Å². The number of hydrogen-bond donors (Lipinski definition) is 1. The van der Waals surface area contributed by atoms with E-state index in [1.165, 1.54) is 25.5 Å². The lowest BCUT2D eigenvalue weighted by molar-refractivity contribution is -0.388. The molecule has 6 heteroatoms. The van der Waals surface area contributed by atoms with E-state index in [2.05, 4.69) is 15.2 Å². The van der Waals surface area contributed by atoms with Gasteiger partial charge in [0, 0.05) is 25.0 Å². The number of nitro groups is 1. The maximum atomic E-state index is 11.1. The number of anilines is 1. The van der Waals surface area contributed by atoms with E-state index in [1.54, 1.807) is 6.07 Å². The Balaban J connectivity index is 1.85. The number of hydrogen-bond acceptors (Lipinski definition) is 5. The van der Waals surface area contributed by atoms with Gasteiger partial charge in [0.05, 0.1) is 0 Å². The molecule has 20 heavy (non-hydrogen) atoms. The van der Waals surface area contributed by atoms with E-state index in [0.29, 0.717) is 5.69 Å². The molecule has 0 aromatic carbocycles. The van der Waals surface area contributed by atoms with Crippen LogP contribution in [-0.2, 0) is 0 Å². The van der Waals surface area contributed by atoms with Crippen molar-refractivity contribution in [1.29, 1.82) is 0 Å². The molecule has 2 saturated heterocycles. The predicted molar refractivity (Wildman–Crippen MR) is 76.9 cm³/mol. The van der Waals surface area contributed by atoms with E-state index in [-0.39, 0.29) is 16.2 Å². The Hall–Kier alpha value is -1.69. The van der Waals surface area contributed by atoms with Crippen LogP contribution in [0.4, 0.5) is 11.5 Å². The molecular weight excluding hydrogens is 256 g/mol. The molecule has 2 aliphatic rings. The molecule has 1 unspecified atom stereocenters. The van der Waals surface area contributed by atoms with Crippen molar-refractivity contribution in [3.05, 3.63) is 28.4 Å². The van der Waals surface area contributed by atoms with Gasteiger partial charge < -0.3 is 20.3 Å². The van der Waals surface area contributed by atoms with Crippen LogP contribution < -0.4 is 10.2 Å². The number of rotatable bonds is 2. The van der Waals surface area contributed by atoms with Gasteiger partial charge in [-0.2, -0.15) is 0 Å². The zero-order valence-corrected chi connectivity index (χ0v) is 11.5.